The largest absolute Gasteiger partial charge is 0.416 e. The minimum atomic E-state index is -4.36. The minimum absolute atomic E-state index is 0.0444. The van der Waals surface area contributed by atoms with Gasteiger partial charge in [-0.05, 0) is 23.8 Å². The quantitative estimate of drug-likeness (QED) is 0.861. The number of rotatable bonds is 4. The first kappa shape index (κ1) is 15.1. The summed E-state index contributed by atoms with van der Waals surface area (Å²) in [5.74, 6) is -0.686. The van der Waals surface area contributed by atoms with Crippen LogP contribution in [-0.4, -0.2) is 33.1 Å². The molecule has 1 heterocycles. The Bertz CT molecular complexity index is 479. The van der Waals surface area contributed by atoms with Crippen molar-refractivity contribution in [2.45, 2.75) is 18.5 Å². The van der Waals surface area contributed by atoms with Crippen LogP contribution >= 0.6 is 0 Å². The fourth-order valence-electron chi connectivity index (χ4n) is 2.28. The Morgan fingerprint density at radius 2 is 1.85 bits per heavy atom. The molecule has 0 aliphatic carbocycles. The molecule has 2 rings (SSSR count). The minimum Gasteiger partial charge on any atom is -0.360 e. The van der Waals surface area contributed by atoms with Crippen molar-refractivity contribution in [1.29, 1.82) is 0 Å². The highest BCUT2D eigenvalue weighted by atomic mass is 19.4. The van der Waals surface area contributed by atoms with Gasteiger partial charge in [0, 0.05) is 26.5 Å². The van der Waals surface area contributed by atoms with Crippen LogP contribution in [0.2, 0.25) is 0 Å². The van der Waals surface area contributed by atoms with Gasteiger partial charge in [-0.1, -0.05) is 0 Å². The van der Waals surface area contributed by atoms with Gasteiger partial charge in [0.05, 0.1) is 18.7 Å². The summed E-state index contributed by atoms with van der Waals surface area (Å²) in [5.41, 5.74) is 6.01. The first-order valence-electron chi connectivity index (χ1n) is 6.10. The molecule has 2 N–H and O–H groups in total. The molecule has 1 aliphatic rings. The van der Waals surface area contributed by atoms with Crippen molar-refractivity contribution < 1.29 is 22.6 Å². The van der Waals surface area contributed by atoms with Crippen molar-refractivity contribution in [3.05, 3.63) is 29.3 Å². The van der Waals surface area contributed by atoms with Gasteiger partial charge < -0.3 is 20.1 Å². The van der Waals surface area contributed by atoms with Crippen LogP contribution in [-0.2, 0) is 22.2 Å². The highest BCUT2D eigenvalue weighted by molar-refractivity contribution is 5.58. The third-order valence-electron chi connectivity index (χ3n) is 3.57. The summed E-state index contributed by atoms with van der Waals surface area (Å²) in [4.78, 5) is 1.88. The molecule has 0 unspecified atom stereocenters. The topological polar surface area (TPSA) is 47.7 Å². The van der Waals surface area contributed by atoms with Crippen molar-refractivity contribution in [1.82, 2.24) is 0 Å². The Kier molecular flexibility index (Phi) is 3.95. The van der Waals surface area contributed by atoms with E-state index in [0.29, 0.717) is 24.3 Å². The van der Waals surface area contributed by atoms with Crippen molar-refractivity contribution >= 4 is 5.69 Å². The molecule has 0 amide bonds. The second kappa shape index (κ2) is 5.23. The normalized spacial score (nSPS) is 18.0. The highest BCUT2D eigenvalue weighted by Gasteiger charge is 2.44. The summed E-state index contributed by atoms with van der Waals surface area (Å²) >= 11 is 0. The second-order valence-electron chi connectivity index (χ2n) is 4.72. The average molecular weight is 290 g/mol. The summed E-state index contributed by atoms with van der Waals surface area (Å²) in [5, 5.41) is 0. The average Bonchev–Trinajstić information content (AvgIpc) is 2.37. The van der Waals surface area contributed by atoms with Gasteiger partial charge in [0.2, 0.25) is 5.79 Å². The zero-order chi connectivity index (χ0) is 15.0. The van der Waals surface area contributed by atoms with Crippen LogP contribution in [0.4, 0.5) is 18.9 Å². The molecule has 7 heteroatoms. The summed E-state index contributed by atoms with van der Waals surface area (Å²) in [6.07, 6.45) is -4.36. The summed E-state index contributed by atoms with van der Waals surface area (Å²) in [6, 6.07) is 3.60. The lowest BCUT2D eigenvalue weighted by molar-refractivity contribution is -0.219. The smallest absolute Gasteiger partial charge is 0.360 e. The van der Waals surface area contributed by atoms with E-state index in [-0.39, 0.29) is 6.54 Å². The molecule has 1 saturated heterocycles. The van der Waals surface area contributed by atoms with Crippen LogP contribution in [0.1, 0.15) is 11.1 Å². The number of hydrogen-bond donors (Lipinski definition) is 1. The van der Waals surface area contributed by atoms with Gasteiger partial charge in [0.15, 0.2) is 0 Å². The maximum Gasteiger partial charge on any atom is 0.416 e. The van der Waals surface area contributed by atoms with E-state index < -0.39 is 17.5 Å². The zero-order valence-electron chi connectivity index (χ0n) is 11.3. The summed E-state index contributed by atoms with van der Waals surface area (Å²) in [7, 11) is 3.08. The SMILES string of the molecule is COC1(OC)CN(c2ccc(C(F)(F)F)cc2CN)C1. The van der Waals surface area contributed by atoms with Crippen LogP contribution < -0.4 is 10.6 Å². The maximum atomic E-state index is 12.7. The predicted molar refractivity (Wildman–Crippen MR) is 68.3 cm³/mol. The van der Waals surface area contributed by atoms with E-state index in [1.54, 1.807) is 0 Å². The van der Waals surface area contributed by atoms with Gasteiger partial charge in [0.25, 0.3) is 0 Å². The Labute approximate surface area is 115 Å². The fourth-order valence-corrected chi connectivity index (χ4v) is 2.28. The van der Waals surface area contributed by atoms with Gasteiger partial charge in [0.1, 0.15) is 0 Å². The van der Waals surface area contributed by atoms with Crippen LogP contribution in [0, 0.1) is 0 Å². The molecule has 112 valence electrons. The van der Waals surface area contributed by atoms with E-state index in [0.717, 1.165) is 12.1 Å². The predicted octanol–water partition coefficient (Wildman–Crippen LogP) is 1.97. The molecule has 1 fully saturated rings. The molecule has 0 saturated carbocycles. The van der Waals surface area contributed by atoms with E-state index >= 15 is 0 Å². The maximum absolute atomic E-state index is 12.7. The number of benzene rings is 1. The third kappa shape index (κ3) is 2.61. The highest BCUT2D eigenvalue weighted by Crippen LogP contribution is 2.36. The fraction of sp³-hybridized carbons (Fsp3) is 0.538. The van der Waals surface area contributed by atoms with Crippen LogP contribution in [0.15, 0.2) is 18.2 Å². The summed E-state index contributed by atoms with van der Waals surface area (Å²) in [6.45, 7) is 0.958. The molecule has 1 aromatic carbocycles. The van der Waals surface area contributed by atoms with Crippen molar-refractivity contribution in [3.63, 3.8) is 0 Å². The number of halogens is 3. The molecular formula is C13H17F3N2O2. The first-order chi connectivity index (χ1) is 9.35. The van der Waals surface area contributed by atoms with E-state index in [9.17, 15) is 13.2 Å². The number of nitrogens with zero attached hydrogens (tertiary/aromatic N) is 1. The Morgan fingerprint density at radius 1 is 1.25 bits per heavy atom. The molecule has 0 spiro atoms. The molecule has 1 aliphatic heterocycles. The molecular weight excluding hydrogens is 273 g/mol. The number of anilines is 1. The van der Waals surface area contributed by atoms with Gasteiger partial charge >= 0.3 is 6.18 Å². The van der Waals surface area contributed by atoms with Gasteiger partial charge in [-0.2, -0.15) is 13.2 Å². The molecule has 0 atom stereocenters. The molecule has 0 aromatic heterocycles. The Morgan fingerprint density at radius 3 is 2.30 bits per heavy atom. The van der Waals surface area contributed by atoms with E-state index in [4.69, 9.17) is 15.2 Å². The number of nitrogens with two attached hydrogens (primary N) is 1. The first-order valence-corrected chi connectivity index (χ1v) is 6.10. The van der Waals surface area contributed by atoms with E-state index in [1.165, 1.54) is 20.3 Å². The molecule has 0 bridgehead atoms. The number of hydrogen-bond acceptors (Lipinski definition) is 4. The van der Waals surface area contributed by atoms with Gasteiger partial charge in [-0.3, -0.25) is 0 Å². The lowest BCUT2D eigenvalue weighted by Crippen LogP contribution is -2.64. The molecule has 0 radical (unpaired) electrons. The standard InChI is InChI=1S/C13H17F3N2O2/c1-19-12(20-2)7-18(8-12)11-4-3-10(13(14,15)16)5-9(11)6-17/h3-5H,6-8,17H2,1-2H3. The van der Waals surface area contributed by atoms with Crippen molar-refractivity contribution in [2.24, 2.45) is 5.73 Å². The second-order valence-corrected chi connectivity index (χ2v) is 4.72. The lowest BCUT2D eigenvalue weighted by atomic mass is 10.0. The number of methoxy groups -OCH3 is 2. The lowest BCUT2D eigenvalue weighted by Gasteiger charge is -2.49. The Hall–Kier alpha value is -1.31. The zero-order valence-corrected chi connectivity index (χ0v) is 11.3. The molecule has 4 nitrogen and oxygen atoms in total. The number of alkyl halides is 3. The van der Waals surface area contributed by atoms with E-state index in [2.05, 4.69) is 0 Å². The van der Waals surface area contributed by atoms with Crippen molar-refractivity contribution in [3.8, 4) is 0 Å². The van der Waals surface area contributed by atoms with Crippen LogP contribution in [0.5, 0.6) is 0 Å². The van der Waals surface area contributed by atoms with Crippen molar-refractivity contribution in [2.75, 3.05) is 32.2 Å². The monoisotopic (exact) mass is 290 g/mol. The molecule has 20 heavy (non-hydrogen) atoms. The molecule has 1 aromatic rings. The summed E-state index contributed by atoms with van der Waals surface area (Å²) < 4.78 is 48.5. The van der Waals surface area contributed by atoms with Gasteiger partial charge in [-0.25, -0.2) is 0 Å². The van der Waals surface area contributed by atoms with Crippen LogP contribution in [0.3, 0.4) is 0 Å². The van der Waals surface area contributed by atoms with E-state index in [1.807, 2.05) is 4.90 Å². The third-order valence-corrected chi connectivity index (χ3v) is 3.57. The van der Waals surface area contributed by atoms with Crippen LogP contribution in [0.25, 0.3) is 0 Å². The Balaban J connectivity index is 2.22. The number of ether oxygens (including phenoxy) is 2. The van der Waals surface area contributed by atoms with Gasteiger partial charge in [-0.15, -0.1) is 0 Å².